The Morgan fingerprint density at radius 2 is 1.12 bits per heavy atom. The minimum absolute atomic E-state index is 0.110. The Labute approximate surface area is 430 Å². The lowest BCUT2D eigenvalue weighted by Crippen LogP contribution is -2.10. The Bertz CT molecular complexity index is 3740. The van der Waals surface area contributed by atoms with Gasteiger partial charge >= 0.3 is 11.9 Å². The van der Waals surface area contributed by atoms with Crippen molar-refractivity contribution in [1.82, 2.24) is 29.1 Å². The van der Waals surface area contributed by atoms with E-state index < -0.39 is 46.6 Å². The van der Waals surface area contributed by atoms with Gasteiger partial charge in [-0.15, -0.1) is 0 Å². The van der Waals surface area contributed by atoms with Crippen molar-refractivity contribution in [1.29, 1.82) is 5.26 Å². The third-order valence-electron chi connectivity index (χ3n) is 12.1. The fourth-order valence-electron chi connectivity index (χ4n) is 8.26. The highest BCUT2D eigenvalue weighted by molar-refractivity contribution is 5.94. The number of nitrogens with zero attached hydrogens (tertiary/aromatic N) is 6. The highest BCUT2D eigenvalue weighted by Gasteiger charge is 2.20. The summed E-state index contributed by atoms with van der Waals surface area (Å²) in [6, 6.07) is 28.8. The number of aromatic nitrogens is 6. The second-order valence-electron chi connectivity index (χ2n) is 17.0. The molecule has 0 spiro atoms. The number of benzene rings is 5. The van der Waals surface area contributed by atoms with Gasteiger partial charge in [-0.3, -0.25) is 4.79 Å². The van der Waals surface area contributed by atoms with Gasteiger partial charge < -0.3 is 37.8 Å². The molecule has 15 nitrogen and oxygen atoms in total. The van der Waals surface area contributed by atoms with E-state index in [-0.39, 0.29) is 47.8 Å². The Kier molecular flexibility index (Phi) is 16.7. The Hall–Kier alpha value is -9.06. The van der Waals surface area contributed by atoms with Crippen molar-refractivity contribution < 1.29 is 55.2 Å². The number of esters is 2. The molecular formula is C56H46F5N7O8. The summed E-state index contributed by atoms with van der Waals surface area (Å²) in [5.74, 6) is -2.95. The summed E-state index contributed by atoms with van der Waals surface area (Å²) in [4.78, 5) is 51.6. The summed E-state index contributed by atoms with van der Waals surface area (Å²) < 4.78 is 102. The van der Waals surface area contributed by atoms with E-state index in [4.69, 9.17) is 28.9 Å². The smallest absolute Gasteiger partial charge is 0.337 e. The molecule has 0 amide bonds. The number of fused-ring (bicyclic) bond motifs is 2. The van der Waals surface area contributed by atoms with Crippen molar-refractivity contribution in [3.8, 4) is 34.5 Å². The highest BCUT2D eigenvalue weighted by atomic mass is 19.1. The molecule has 0 aliphatic rings. The quantitative estimate of drug-likeness (QED) is 0.0674. The van der Waals surface area contributed by atoms with Gasteiger partial charge in [0.25, 0.3) is 5.56 Å². The van der Waals surface area contributed by atoms with E-state index in [0.717, 1.165) is 30.3 Å². The molecule has 4 heterocycles. The number of pyridine rings is 2. The van der Waals surface area contributed by atoms with E-state index >= 15 is 4.39 Å². The molecule has 9 rings (SSSR count). The summed E-state index contributed by atoms with van der Waals surface area (Å²) in [5, 5.41) is 8.90. The topological polar surface area (TPSA) is 185 Å². The van der Waals surface area contributed by atoms with Crippen LogP contribution < -0.4 is 10.3 Å². The van der Waals surface area contributed by atoms with E-state index in [2.05, 4.69) is 19.9 Å². The van der Waals surface area contributed by atoms with Crippen LogP contribution in [0.5, 0.6) is 5.88 Å². The molecule has 0 unspecified atom stereocenters. The zero-order chi connectivity index (χ0) is 54.0. The van der Waals surface area contributed by atoms with Crippen molar-refractivity contribution in [3.05, 3.63) is 200 Å². The average molecular weight is 1040 g/mol. The van der Waals surface area contributed by atoms with Crippen LogP contribution in [0.3, 0.4) is 0 Å². The lowest BCUT2D eigenvalue weighted by Gasteiger charge is -2.11. The second kappa shape index (κ2) is 23.9. The number of ether oxygens (including phenoxy) is 5. The van der Waals surface area contributed by atoms with Crippen LogP contribution in [0.15, 0.2) is 120 Å². The first-order chi connectivity index (χ1) is 36.7. The Balaban J connectivity index is 0.000000209. The average Bonchev–Trinajstić information content (AvgIpc) is 3.95. The van der Waals surface area contributed by atoms with E-state index in [1.54, 1.807) is 74.9 Å². The van der Waals surface area contributed by atoms with E-state index in [9.17, 15) is 31.9 Å². The summed E-state index contributed by atoms with van der Waals surface area (Å²) in [7, 11) is 5.76. The van der Waals surface area contributed by atoms with Gasteiger partial charge in [0.05, 0.1) is 83.6 Å². The van der Waals surface area contributed by atoms with Crippen LogP contribution in [-0.2, 0) is 51.5 Å². The van der Waals surface area contributed by atoms with Crippen molar-refractivity contribution in [2.75, 3.05) is 41.7 Å². The van der Waals surface area contributed by atoms with Crippen molar-refractivity contribution in [2.45, 2.75) is 32.5 Å². The van der Waals surface area contributed by atoms with Crippen LogP contribution in [0.2, 0.25) is 0 Å². The van der Waals surface area contributed by atoms with Gasteiger partial charge in [0.2, 0.25) is 5.88 Å². The second-order valence-corrected chi connectivity index (χ2v) is 17.0. The first-order valence-corrected chi connectivity index (χ1v) is 23.3. The molecule has 0 atom stereocenters. The number of imidazole rings is 2. The van der Waals surface area contributed by atoms with Gasteiger partial charge in [0.1, 0.15) is 47.3 Å². The minimum Gasteiger partial charge on any atom is -0.473 e. The molecule has 0 aliphatic heterocycles. The number of hydrogen-bond donors (Lipinski definition) is 1. The summed E-state index contributed by atoms with van der Waals surface area (Å²) in [6.45, 7) is 1.41. The molecule has 0 bridgehead atoms. The van der Waals surface area contributed by atoms with Crippen LogP contribution in [0, 0.1) is 40.4 Å². The number of carbonyl (C=O) groups excluding carboxylic acids is 2. The van der Waals surface area contributed by atoms with Crippen LogP contribution in [0.1, 0.15) is 54.6 Å². The fraction of sp³-hybridized carbons (Fsp3) is 0.196. The van der Waals surface area contributed by atoms with E-state index in [1.165, 1.54) is 38.5 Å². The predicted molar refractivity (Wildman–Crippen MR) is 269 cm³/mol. The first-order valence-electron chi connectivity index (χ1n) is 23.3. The zero-order valence-electron chi connectivity index (χ0n) is 41.3. The lowest BCUT2D eigenvalue weighted by atomic mass is 10.1. The summed E-state index contributed by atoms with van der Waals surface area (Å²) >= 11 is 0. The Morgan fingerprint density at radius 1 is 0.592 bits per heavy atom. The van der Waals surface area contributed by atoms with Gasteiger partial charge in [-0.1, -0.05) is 30.3 Å². The maximum atomic E-state index is 15.4. The maximum absolute atomic E-state index is 15.4. The van der Waals surface area contributed by atoms with Crippen LogP contribution in [-0.4, -0.2) is 82.7 Å². The highest BCUT2D eigenvalue weighted by Crippen LogP contribution is 2.29. The molecule has 0 radical (unpaired) electrons. The zero-order valence-corrected chi connectivity index (χ0v) is 41.3. The van der Waals surface area contributed by atoms with Gasteiger partial charge in [-0.25, -0.2) is 46.5 Å². The normalized spacial score (nSPS) is 11.1. The predicted octanol–water partition coefficient (Wildman–Crippen LogP) is 9.68. The minimum atomic E-state index is -0.698. The van der Waals surface area contributed by atoms with Gasteiger partial charge in [0.15, 0.2) is 0 Å². The molecule has 20 heteroatoms. The molecule has 0 fully saturated rings. The van der Waals surface area contributed by atoms with E-state index in [1.807, 2.05) is 15.2 Å². The van der Waals surface area contributed by atoms with Crippen LogP contribution >= 0.6 is 0 Å². The largest absolute Gasteiger partial charge is 0.473 e. The number of hydrogen-bond acceptors (Lipinski definition) is 12. The lowest BCUT2D eigenvalue weighted by molar-refractivity contribution is 0.0592. The van der Waals surface area contributed by atoms with Gasteiger partial charge in [0, 0.05) is 75.0 Å². The number of H-pyrrole nitrogens is 1. The number of aromatic amines is 1. The number of rotatable bonds is 17. The SMILES string of the molecule is COCCn1c(Cc2ccc(-c3cc(F)cc(=O)[nH]3)cc2F)nc2ccc(C(=O)OC)cc21.COCCn1c(Cc2ccc(-c3cc(F)cc(OCc4ccc(C#N)cc4F)n3)cc2F)nc2ccc(C(=O)OC)cc21. The summed E-state index contributed by atoms with van der Waals surface area (Å²) in [6.07, 6.45) is 0.316. The van der Waals surface area contributed by atoms with E-state index in [0.29, 0.717) is 93.4 Å². The number of nitriles is 1. The van der Waals surface area contributed by atoms with Gasteiger partial charge in [-0.2, -0.15) is 5.26 Å². The molecule has 1 N–H and O–H groups in total. The number of halogens is 5. The first kappa shape index (κ1) is 53.2. The third kappa shape index (κ3) is 12.3. The van der Waals surface area contributed by atoms with Crippen LogP contribution in [0.25, 0.3) is 44.6 Å². The van der Waals surface area contributed by atoms with Crippen molar-refractivity contribution in [3.63, 3.8) is 0 Å². The van der Waals surface area contributed by atoms with Crippen molar-refractivity contribution in [2.24, 2.45) is 0 Å². The molecule has 0 saturated heterocycles. The van der Waals surface area contributed by atoms with Crippen LogP contribution in [0.4, 0.5) is 22.0 Å². The molecule has 0 aliphatic carbocycles. The fourth-order valence-corrected chi connectivity index (χ4v) is 8.26. The Morgan fingerprint density at radius 3 is 1.63 bits per heavy atom. The molecule has 388 valence electrons. The molecule has 4 aromatic heterocycles. The molecule has 76 heavy (non-hydrogen) atoms. The number of nitrogens with one attached hydrogen (secondary N) is 1. The monoisotopic (exact) mass is 1040 g/mol. The maximum Gasteiger partial charge on any atom is 0.337 e. The summed E-state index contributed by atoms with van der Waals surface area (Å²) in [5.41, 5.74) is 4.85. The standard InChI is InChI=1S/C32H25F3N4O4.C24H21F2N3O4/c1-41-10-9-39-29-13-22(32(40)42-2)7-8-27(29)37-30(39)14-20-5-6-21(12-26(20)35)28-15-24(33)16-31(38-28)43-18-23-4-3-19(17-36)11-25(23)34;1-32-8-7-29-21-10-16(24(31)33-2)5-6-19(21)27-22(29)11-14-3-4-15(9-18(14)26)20-12-17(25)13-23(30)28-20/h3-8,11-13,15-16H,9-10,14,18H2,1-2H3;3-6,9-10,12-13H,7-8,11H2,1-2H3,(H,28,30). The molecule has 5 aromatic carbocycles. The third-order valence-corrected chi connectivity index (χ3v) is 12.1. The van der Waals surface area contributed by atoms with Crippen molar-refractivity contribution >= 4 is 34.0 Å². The number of carbonyl (C=O) groups is 2. The molecule has 9 aromatic rings. The molecular weight excluding hydrogens is 994 g/mol. The molecule has 0 saturated carbocycles. The number of methoxy groups -OCH3 is 4. The van der Waals surface area contributed by atoms with Gasteiger partial charge in [-0.05, 0) is 77.9 Å².